The maximum atomic E-state index is 15.0. The molecule has 0 bridgehead atoms. The van der Waals surface area contributed by atoms with Crippen molar-refractivity contribution in [1.82, 2.24) is 4.98 Å². The summed E-state index contributed by atoms with van der Waals surface area (Å²) in [6.45, 7) is 1.71. The highest BCUT2D eigenvalue weighted by molar-refractivity contribution is 9.10. The fourth-order valence-corrected chi connectivity index (χ4v) is 4.77. The number of pyridine rings is 1. The van der Waals surface area contributed by atoms with E-state index < -0.39 is 23.7 Å². The van der Waals surface area contributed by atoms with Gasteiger partial charge in [-0.1, -0.05) is 34.1 Å². The van der Waals surface area contributed by atoms with Crippen molar-refractivity contribution in [3.63, 3.8) is 0 Å². The second-order valence-electron chi connectivity index (χ2n) is 8.83. The Bertz CT molecular complexity index is 1370. The molecule has 0 radical (unpaired) electrons. The number of hydrogen-bond donors (Lipinski definition) is 1. The van der Waals surface area contributed by atoms with Gasteiger partial charge in [0, 0.05) is 46.7 Å². The zero-order valence-electron chi connectivity index (χ0n) is 20.0. The monoisotopic (exact) mass is 540 g/mol. The quantitative estimate of drug-likeness (QED) is 0.276. The molecule has 3 aromatic carbocycles. The van der Waals surface area contributed by atoms with Gasteiger partial charge >= 0.3 is 0 Å². The summed E-state index contributed by atoms with van der Waals surface area (Å²) >= 11 is 3.51. The van der Waals surface area contributed by atoms with E-state index in [1.165, 1.54) is 6.07 Å². The molecule has 0 aliphatic rings. The van der Waals surface area contributed by atoms with E-state index in [4.69, 9.17) is 9.72 Å². The van der Waals surface area contributed by atoms with Gasteiger partial charge in [-0.25, -0.2) is 13.8 Å². The Morgan fingerprint density at radius 1 is 1.00 bits per heavy atom. The number of methoxy groups -OCH3 is 1. The van der Waals surface area contributed by atoms with E-state index in [9.17, 15) is 9.50 Å². The van der Waals surface area contributed by atoms with Crippen LogP contribution in [0.1, 0.15) is 30.4 Å². The van der Waals surface area contributed by atoms with Gasteiger partial charge in [-0.15, -0.1) is 0 Å². The number of anilines is 1. The lowest BCUT2D eigenvalue weighted by molar-refractivity contribution is 0.178. The summed E-state index contributed by atoms with van der Waals surface area (Å²) in [7, 11) is 5.34. The number of nitrogens with zero attached hydrogens (tertiary/aromatic N) is 2. The molecule has 4 rings (SSSR count). The lowest BCUT2D eigenvalue weighted by atomic mass is 9.82. The van der Waals surface area contributed by atoms with Crippen LogP contribution in [0, 0.1) is 11.6 Å². The molecule has 0 aliphatic carbocycles. The van der Waals surface area contributed by atoms with Crippen LogP contribution in [-0.4, -0.2) is 37.4 Å². The van der Waals surface area contributed by atoms with Crippen molar-refractivity contribution in [2.24, 2.45) is 0 Å². The lowest BCUT2D eigenvalue weighted by Crippen LogP contribution is -2.14. The lowest BCUT2D eigenvalue weighted by Gasteiger charge is -2.26. The molecule has 1 N–H and O–H groups in total. The first kappa shape index (κ1) is 25.1. The second kappa shape index (κ2) is 10.3. The topological polar surface area (TPSA) is 45.6 Å². The highest BCUT2D eigenvalue weighted by atomic mass is 79.9. The van der Waals surface area contributed by atoms with Crippen molar-refractivity contribution in [3.05, 3.63) is 87.9 Å². The molecule has 0 saturated heterocycles. The van der Waals surface area contributed by atoms with Gasteiger partial charge in [-0.2, -0.15) is 0 Å². The maximum absolute atomic E-state index is 15.0. The molecule has 1 aromatic heterocycles. The molecule has 0 aliphatic heterocycles. The minimum absolute atomic E-state index is 0.162. The van der Waals surface area contributed by atoms with Crippen LogP contribution in [-0.2, 0) is 0 Å². The van der Waals surface area contributed by atoms with Crippen molar-refractivity contribution in [1.29, 1.82) is 0 Å². The second-order valence-corrected chi connectivity index (χ2v) is 9.74. The molecule has 0 saturated carbocycles. The Balaban J connectivity index is 2.02. The third-order valence-electron chi connectivity index (χ3n) is 6.09. The number of aliphatic hydroxyl groups excluding tert-OH is 1. The molecular formula is C28H27BrF2N2O2. The Morgan fingerprint density at radius 2 is 1.77 bits per heavy atom. The van der Waals surface area contributed by atoms with Crippen LogP contribution in [0.5, 0.6) is 5.88 Å². The van der Waals surface area contributed by atoms with Crippen molar-refractivity contribution < 1.29 is 18.6 Å². The van der Waals surface area contributed by atoms with Gasteiger partial charge in [0.15, 0.2) is 11.6 Å². The maximum Gasteiger partial charge on any atom is 0.217 e. The first-order chi connectivity index (χ1) is 16.7. The summed E-state index contributed by atoms with van der Waals surface area (Å²) in [6, 6.07) is 17.6. The predicted molar refractivity (Wildman–Crippen MR) is 140 cm³/mol. The van der Waals surface area contributed by atoms with Gasteiger partial charge in [0.2, 0.25) is 5.88 Å². The summed E-state index contributed by atoms with van der Waals surface area (Å²) in [6.07, 6.45) is -0.329. The Kier molecular flexibility index (Phi) is 7.38. The van der Waals surface area contributed by atoms with Crippen LogP contribution in [0.25, 0.3) is 22.0 Å². The third-order valence-corrected chi connectivity index (χ3v) is 6.58. The molecule has 35 heavy (non-hydrogen) atoms. The molecule has 0 amide bonds. The molecule has 1 heterocycles. The van der Waals surface area contributed by atoms with E-state index in [-0.39, 0.29) is 5.56 Å². The van der Waals surface area contributed by atoms with Crippen molar-refractivity contribution in [2.45, 2.75) is 25.4 Å². The van der Waals surface area contributed by atoms with E-state index in [1.807, 2.05) is 61.5 Å². The third kappa shape index (κ3) is 5.16. The van der Waals surface area contributed by atoms with Crippen LogP contribution in [0.2, 0.25) is 0 Å². The predicted octanol–water partition coefficient (Wildman–Crippen LogP) is 6.92. The van der Waals surface area contributed by atoms with Gasteiger partial charge in [0.05, 0.1) is 18.7 Å². The zero-order chi connectivity index (χ0) is 25.3. The number of halogens is 3. The minimum atomic E-state index is -0.911. The fraction of sp³-hybridized carbons (Fsp3) is 0.250. The Morgan fingerprint density at radius 3 is 2.46 bits per heavy atom. The number of aromatic nitrogens is 1. The van der Waals surface area contributed by atoms with Crippen molar-refractivity contribution >= 4 is 32.5 Å². The minimum Gasteiger partial charge on any atom is -0.481 e. The molecule has 0 fully saturated rings. The van der Waals surface area contributed by atoms with Gasteiger partial charge in [0.25, 0.3) is 0 Å². The van der Waals surface area contributed by atoms with E-state index in [0.717, 1.165) is 38.3 Å². The molecule has 2 unspecified atom stereocenters. The average molecular weight is 541 g/mol. The zero-order valence-corrected chi connectivity index (χ0v) is 21.6. The number of aliphatic hydroxyl groups is 1. The fourth-order valence-electron chi connectivity index (χ4n) is 4.39. The van der Waals surface area contributed by atoms with Gasteiger partial charge in [-0.05, 0) is 66.9 Å². The summed E-state index contributed by atoms with van der Waals surface area (Å²) in [5, 5.41) is 11.4. The molecule has 182 valence electrons. The summed E-state index contributed by atoms with van der Waals surface area (Å²) < 4.78 is 35.9. The molecule has 2 atom stereocenters. The summed E-state index contributed by atoms with van der Waals surface area (Å²) in [5.74, 6) is -1.79. The highest BCUT2D eigenvalue weighted by Crippen LogP contribution is 2.42. The van der Waals surface area contributed by atoms with Crippen LogP contribution < -0.4 is 9.64 Å². The highest BCUT2D eigenvalue weighted by Gasteiger charge is 2.26. The number of hydrogen-bond acceptors (Lipinski definition) is 4. The number of benzene rings is 3. The molecule has 4 nitrogen and oxygen atoms in total. The SMILES string of the molecule is COc1nc2ccc(Br)cc2cc1C(CC(C)O)c1ccc(N(C)C)cc1-c1cccc(F)c1F. The average Bonchev–Trinajstić information content (AvgIpc) is 2.83. The van der Waals surface area contributed by atoms with Crippen molar-refractivity contribution in [2.75, 3.05) is 26.1 Å². The van der Waals surface area contributed by atoms with Crippen LogP contribution >= 0.6 is 15.9 Å². The summed E-state index contributed by atoms with van der Waals surface area (Å²) in [4.78, 5) is 6.61. The normalized spacial score (nSPS) is 13.0. The molecule has 4 aromatic rings. The van der Waals surface area contributed by atoms with E-state index in [0.29, 0.717) is 17.9 Å². The van der Waals surface area contributed by atoms with E-state index in [1.54, 1.807) is 20.1 Å². The van der Waals surface area contributed by atoms with Gasteiger partial charge in [-0.3, -0.25) is 0 Å². The molecule has 0 spiro atoms. The molecule has 7 heteroatoms. The number of rotatable bonds is 7. The molecular weight excluding hydrogens is 514 g/mol. The van der Waals surface area contributed by atoms with Crippen LogP contribution in [0.3, 0.4) is 0 Å². The van der Waals surface area contributed by atoms with Crippen LogP contribution in [0.4, 0.5) is 14.5 Å². The number of fused-ring (bicyclic) bond motifs is 1. The smallest absolute Gasteiger partial charge is 0.217 e. The van der Waals surface area contributed by atoms with E-state index in [2.05, 4.69) is 15.9 Å². The van der Waals surface area contributed by atoms with E-state index >= 15 is 4.39 Å². The first-order valence-electron chi connectivity index (χ1n) is 11.3. The number of ether oxygens (including phenoxy) is 1. The Hall–Kier alpha value is -3.03. The summed E-state index contributed by atoms with van der Waals surface area (Å²) in [5.41, 5.74) is 3.83. The largest absolute Gasteiger partial charge is 0.481 e. The standard InChI is InChI=1S/C28H27BrF2N2O2/c1-16(34)12-22(24-14-17-13-18(29)8-11-26(17)32-28(24)35-4)20-10-9-19(33(2)3)15-23(20)21-6-5-7-25(30)27(21)31/h5-11,13-16,22,34H,12H2,1-4H3. The van der Waals surface area contributed by atoms with Gasteiger partial charge in [0.1, 0.15) is 0 Å². The first-order valence-corrected chi connectivity index (χ1v) is 12.1. The van der Waals surface area contributed by atoms with Crippen molar-refractivity contribution in [3.8, 4) is 17.0 Å². The van der Waals surface area contributed by atoms with Gasteiger partial charge < -0.3 is 14.7 Å². The Labute approximate surface area is 212 Å². The van der Waals surface area contributed by atoms with Crippen LogP contribution in [0.15, 0.2) is 65.1 Å².